The second kappa shape index (κ2) is 6.06. The van der Waals surface area contributed by atoms with E-state index >= 15 is 0 Å². The summed E-state index contributed by atoms with van der Waals surface area (Å²) < 4.78 is 0. The summed E-state index contributed by atoms with van der Waals surface area (Å²) in [5.41, 5.74) is 5.64. The third-order valence-electron chi connectivity index (χ3n) is 4.47. The maximum Gasteiger partial charge on any atom is 0.243 e. The Labute approximate surface area is 130 Å². The van der Waals surface area contributed by atoms with Crippen LogP contribution in [0.15, 0.2) is 24.3 Å². The van der Waals surface area contributed by atoms with Crippen LogP contribution in [0.25, 0.3) is 0 Å². The second-order valence-corrected chi connectivity index (χ2v) is 6.08. The minimum atomic E-state index is -0.926. The molecule has 2 amide bonds. The van der Waals surface area contributed by atoms with Gasteiger partial charge in [-0.15, -0.1) is 0 Å². The van der Waals surface area contributed by atoms with Gasteiger partial charge in [-0.1, -0.05) is 37.6 Å². The molecule has 0 bridgehead atoms. The SMILES string of the molecule is CCC(CC)(NC(=O)C1CC1c1ccc(Cl)cc1)C(N)=O. The van der Waals surface area contributed by atoms with E-state index in [-0.39, 0.29) is 17.7 Å². The van der Waals surface area contributed by atoms with E-state index < -0.39 is 11.4 Å². The van der Waals surface area contributed by atoms with Crippen LogP contribution in [0.1, 0.15) is 44.6 Å². The van der Waals surface area contributed by atoms with Crippen molar-refractivity contribution in [3.8, 4) is 0 Å². The number of halogens is 1. The predicted molar refractivity (Wildman–Crippen MR) is 83.0 cm³/mol. The molecule has 1 aliphatic rings. The van der Waals surface area contributed by atoms with Gasteiger partial charge >= 0.3 is 0 Å². The van der Waals surface area contributed by atoms with Crippen LogP contribution in [0.5, 0.6) is 0 Å². The summed E-state index contributed by atoms with van der Waals surface area (Å²) in [6.07, 6.45) is 1.81. The van der Waals surface area contributed by atoms with Gasteiger partial charge in [-0.25, -0.2) is 0 Å². The minimum absolute atomic E-state index is 0.0806. The Hall–Kier alpha value is -1.55. The van der Waals surface area contributed by atoms with E-state index in [2.05, 4.69) is 5.32 Å². The van der Waals surface area contributed by atoms with Crippen LogP contribution < -0.4 is 11.1 Å². The molecule has 2 rings (SSSR count). The average Bonchev–Trinajstić information content (AvgIpc) is 3.25. The maximum absolute atomic E-state index is 12.3. The predicted octanol–water partition coefficient (Wildman–Crippen LogP) is 2.60. The molecule has 0 radical (unpaired) electrons. The fourth-order valence-electron chi connectivity index (χ4n) is 2.73. The van der Waals surface area contributed by atoms with Gasteiger partial charge in [0.25, 0.3) is 0 Å². The van der Waals surface area contributed by atoms with Crippen molar-refractivity contribution in [3.05, 3.63) is 34.9 Å². The molecule has 4 nitrogen and oxygen atoms in total. The van der Waals surface area contributed by atoms with Crippen molar-refractivity contribution in [1.29, 1.82) is 0 Å². The lowest BCUT2D eigenvalue weighted by atomic mass is 9.91. The molecule has 5 heteroatoms. The zero-order chi connectivity index (χ0) is 15.6. The summed E-state index contributed by atoms with van der Waals surface area (Å²) in [7, 11) is 0. The summed E-state index contributed by atoms with van der Waals surface area (Å²) >= 11 is 5.86. The van der Waals surface area contributed by atoms with E-state index in [4.69, 9.17) is 17.3 Å². The van der Waals surface area contributed by atoms with Crippen LogP contribution in [0.3, 0.4) is 0 Å². The number of hydrogen-bond donors (Lipinski definition) is 2. The molecule has 1 fully saturated rings. The molecule has 1 aromatic carbocycles. The number of nitrogens with one attached hydrogen (secondary N) is 1. The molecule has 0 saturated heterocycles. The smallest absolute Gasteiger partial charge is 0.243 e. The molecule has 2 unspecified atom stereocenters. The molecule has 0 aromatic heterocycles. The van der Waals surface area contributed by atoms with E-state index in [0.717, 1.165) is 12.0 Å². The Morgan fingerprint density at radius 2 is 1.86 bits per heavy atom. The highest BCUT2D eigenvalue weighted by Gasteiger charge is 2.46. The van der Waals surface area contributed by atoms with Gasteiger partial charge < -0.3 is 11.1 Å². The first-order valence-electron chi connectivity index (χ1n) is 7.31. The van der Waals surface area contributed by atoms with Crippen molar-refractivity contribution in [2.45, 2.75) is 44.6 Å². The Morgan fingerprint density at radius 3 is 2.33 bits per heavy atom. The monoisotopic (exact) mass is 308 g/mol. The van der Waals surface area contributed by atoms with Crippen molar-refractivity contribution >= 4 is 23.4 Å². The molecule has 114 valence electrons. The summed E-state index contributed by atoms with van der Waals surface area (Å²) in [6.45, 7) is 3.72. The molecule has 21 heavy (non-hydrogen) atoms. The quantitative estimate of drug-likeness (QED) is 0.848. The summed E-state index contributed by atoms with van der Waals surface area (Å²) in [5, 5.41) is 3.55. The first kappa shape index (κ1) is 15.8. The number of nitrogens with two attached hydrogens (primary N) is 1. The standard InChI is InChI=1S/C16H21ClN2O2/c1-3-16(4-2,15(18)21)19-14(20)13-9-12(13)10-5-7-11(17)8-6-10/h5-8,12-13H,3-4,9H2,1-2H3,(H2,18,21)(H,19,20). The average molecular weight is 309 g/mol. The number of carbonyl (C=O) groups is 2. The van der Waals surface area contributed by atoms with Crippen LogP contribution in [-0.4, -0.2) is 17.4 Å². The van der Waals surface area contributed by atoms with Crippen LogP contribution in [0.4, 0.5) is 0 Å². The van der Waals surface area contributed by atoms with Gasteiger partial charge in [-0.3, -0.25) is 9.59 Å². The van der Waals surface area contributed by atoms with Gasteiger partial charge in [0.05, 0.1) is 0 Å². The molecular weight excluding hydrogens is 288 g/mol. The summed E-state index contributed by atoms with van der Waals surface area (Å²) in [6, 6.07) is 7.55. The summed E-state index contributed by atoms with van der Waals surface area (Å²) in [4.78, 5) is 24.0. The Kier molecular flexibility index (Phi) is 4.57. The van der Waals surface area contributed by atoms with Gasteiger partial charge in [0.15, 0.2) is 0 Å². The molecule has 0 heterocycles. The molecule has 1 aliphatic carbocycles. The fraction of sp³-hybridized carbons (Fsp3) is 0.500. The molecule has 3 N–H and O–H groups in total. The van der Waals surface area contributed by atoms with Crippen LogP contribution in [-0.2, 0) is 9.59 Å². The number of primary amides is 1. The highest BCUT2D eigenvalue weighted by atomic mass is 35.5. The van der Waals surface area contributed by atoms with Crippen molar-refractivity contribution < 1.29 is 9.59 Å². The largest absolute Gasteiger partial charge is 0.368 e. The van der Waals surface area contributed by atoms with Gasteiger partial charge in [0, 0.05) is 10.9 Å². The number of hydrogen-bond acceptors (Lipinski definition) is 2. The lowest BCUT2D eigenvalue weighted by Gasteiger charge is -2.29. The molecule has 1 saturated carbocycles. The van der Waals surface area contributed by atoms with Crippen molar-refractivity contribution in [3.63, 3.8) is 0 Å². The number of benzene rings is 1. The fourth-order valence-corrected chi connectivity index (χ4v) is 2.85. The molecule has 0 spiro atoms. The Morgan fingerprint density at radius 1 is 1.29 bits per heavy atom. The zero-order valence-corrected chi connectivity index (χ0v) is 13.1. The third-order valence-corrected chi connectivity index (χ3v) is 4.72. The Bertz CT molecular complexity index is 538. The van der Waals surface area contributed by atoms with Gasteiger partial charge in [-0.05, 0) is 42.9 Å². The molecule has 2 atom stereocenters. The van der Waals surface area contributed by atoms with E-state index in [1.54, 1.807) is 0 Å². The lowest BCUT2D eigenvalue weighted by molar-refractivity contribution is -0.132. The third kappa shape index (κ3) is 3.21. The highest BCUT2D eigenvalue weighted by molar-refractivity contribution is 6.30. The van der Waals surface area contributed by atoms with E-state index in [1.807, 2.05) is 38.1 Å². The highest BCUT2D eigenvalue weighted by Crippen LogP contribution is 2.48. The van der Waals surface area contributed by atoms with E-state index in [0.29, 0.717) is 17.9 Å². The second-order valence-electron chi connectivity index (χ2n) is 5.64. The van der Waals surface area contributed by atoms with Crippen LogP contribution >= 0.6 is 11.6 Å². The van der Waals surface area contributed by atoms with Crippen molar-refractivity contribution in [2.75, 3.05) is 0 Å². The van der Waals surface area contributed by atoms with Crippen molar-refractivity contribution in [2.24, 2.45) is 11.7 Å². The first-order chi connectivity index (χ1) is 9.93. The first-order valence-corrected chi connectivity index (χ1v) is 7.68. The van der Waals surface area contributed by atoms with E-state index in [9.17, 15) is 9.59 Å². The maximum atomic E-state index is 12.3. The van der Waals surface area contributed by atoms with E-state index in [1.165, 1.54) is 0 Å². The normalized spacial score (nSPS) is 20.9. The molecular formula is C16H21ClN2O2. The topological polar surface area (TPSA) is 72.2 Å². The molecule has 0 aliphatic heterocycles. The minimum Gasteiger partial charge on any atom is -0.368 e. The lowest BCUT2D eigenvalue weighted by Crippen LogP contribution is -2.57. The van der Waals surface area contributed by atoms with Gasteiger partial charge in [0.1, 0.15) is 5.54 Å². The van der Waals surface area contributed by atoms with Gasteiger partial charge in [0.2, 0.25) is 11.8 Å². The Balaban J connectivity index is 2.03. The van der Waals surface area contributed by atoms with Gasteiger partial charge in [-0.2, -0.15) is 0 Å². The van der Waals surface area contributed by atoms with Crippen LogP contribution in [0, 0.1) is 5.92 Å². The molecule has 1 aromatic rings. The number of carbonyl (C=O) groups excluding carboxylic acids is 2. The number of rotatable bonds is 6. The number of amides is 2. The van der Waals surface area contributed by atoms with Crippen LogP contribution in [0.2, 0.25) is 5.02 Å². The zero-order valence-electron chi connectivity index (χ0n) is 12.4. The van der Waals surface area contributed by atoms with Crippen molar-refractivity contribution in [1.82, 2.24) is 5.32 Å². The summed E-state index contributed by atoms with van der Waals surface area (Å²) in [5.74, 6) is -0.424.